The lowest BCUT2D eigenvalue weighted by Gasteiger charge is -2.29. The Morgan fingerprint density at radius 1 is 1.18 bits per heavy atom. The summed E-state index contributed by atoms with van der Waals surface area (Å²) >= 11 is 0. The van der Waals surface area contributed by atoms with E-state index in [9.17, 15) is 19.2 Å². The number of urea groups is 1. The predicted octanol–water partition coefficient (Wildman–Crippen LogP) is 1.47. The van der Waals surface area contributed by atoms with Crippen LogP contribution >= 0.6 is 0 Å². The fraction of sp³-hybridized carbons (Fsp3) is 0.500. The van der Waals surface area contributed by atoms with Crippen LogP contribution < -0.4 is 10.6 Å². The Bertz CT molecular complexity index is 907. The summed E-state index contributed by atoms with van der Waals surface area (Å²) in [7, 11) is 0. The first-order chi connectivity index (χ1) is 13.4. The van der Waals surface area contributed by atoms with Crippen LogP contribution in [-0.4, -0.2) is 52.7 Å². The lowest BCUT2D eigenvalue weighted by Crippen LogP contribution is -2.52. The fourth-order valence-corrected chi connectivity index (χ4v) is 4.55. The zero-order chi connectivity index (χ0) is 19.5. The minimum Gasteiger partial charge on any atom is -0.324 e. The van der Waals surface area contributed by atoms with Crippen LogP contribution in [-0.2, 0) is 16.1 Å². The average molecular weight is 382 g/mol. The molecule has 1 spiro atoms. The number of benzene rings is 1. The summed E-state index contributed by atoms with van der Waals surface area (Å²) in [5.41, 5.74) is 2.36. The molecule has 8 heteroatoms. The van der Waals surface area contributed by atoms with Crippen molar-refractivity contribution in [2.75, 3.05) is 18.4 Å². The molecule has 3 fully saturated rings. The smallest absolute Gasteiger partial charge is 0.321 e. The van der Waals surface area contributed by atoms with E-state index in [0.29, 0.717) is 29.6 Å². The molecule has 1 atom stereocenters. The summed E-state index contributed by atoms with van der Waals surface area (Å²) in [4.78, 5) is 52.1. The van der Waals surface area contributed by atoms with Gasteiger partial charge >= 0.3 is 6.03 Å². The summed E-state index contributed by atoms with van der Waals surface area (Å²) < 4.78 is 0. The monoisotopic (exact) mass is 382 g/mol. The van der Waals surface area contributed by atoms with Gasteiger partial charge in [0, 0.05) is 37.3 Å². The molecule has 5 amide bonds. The highest BCUT2D eigenvalue weighted by Crippen LogP contribution is 2.52. The molecule has 1 saturated carbocycles. The van der Waals surface area contributed by atoms with Crippen molar-refractivity contribution in [1.82, 2.24) is 15.1 Å². The number of imide groups is 1. The SMILES string of the molecule is O=C1CCC(N2Cc3cc(NC(=O)N4CCC5(CC5)C4)ccc3C2=O)C(=O)N1. The Kier molecular flexibility index (Phi) is 3.72. The van der Waals surface area contributed by atoms with Crippen molar-refractivity contribution in [3.05, 3.63) is 29.3 Å². The van der Waals surface area contributed by atoms with Gasteiger partial charge in [0.05, 0.1) is 0 Å². The number of carbonyl (C=O) groups is 4. The van der Waals surface area contributed by atoms with Gasteiger partial charge in [0.1, 0.15) is 6.04 Å². The van der Waals surface area contributed by atoms with Crippen LogP contribution in [0, 0.1) is 5.41 Å². The maximum atomic E-state index is 12.7. The lowest BCUT2D eigenvalue weighted by molar-refractivity contribution is -0.136. The molecule has 4 aliphatic rings. The summed E-state index contributed by atoms with van der Waals surface area (Å²) in [5, 5.41) is 5.24. The quantitative estimate of drug-likeness (QED) is 0.757. The van der Waals surface area contributed by atoms with Gasteiger partial charge in [-0.15, -0.1) is 0 Å². The number of nitrogens with one attached hydrogen (secondary N) is 2. The third kappa shape index (κ3) is 2.83. The first kappa shape index (κ1) is 17.2. The lowest BCUT2D eigenvalue weighted by atomic mass is 10.0. The number of anilines is 1. The van der Waals surface area contributed by atoms with Gasteiger partial charge in [-0.3, -0.25) is 19.7 Å². The second-order valence-corrected chi connectivity index (χ2v) is 8.37. The Hall–Kier alpha value is -2.90. The van der Waals surface area contributed by atoms with Crippen LogP contribution in [0.25, 0.3) is 0 Å². The predicted molar refractivity (Wildman–Crippen MR) is 99.4 cm³/mol. The largest absolute Gasteiger partial charge is 0.324 e. The molecule has 5 rings (SSSR count). The van der Waals surface area contributed by atoms with Gasteiger partial charge < -0.3 is 15.1 Å². The zero-order valence-electron chi connectivity index (χ0n) is 15.5. The van der Waals surface area contributed by atoms with Gasteiger partial charge in [-0.1, -0.05) is 0 Å². The molecule has 0 radical (unpaired) electrons. The molecule has 28 heavy (non-hydrogen) atoms. The summed E-state index contributed by atoms with van der Waals surface area (Å²) in [6.07, 6.45) is 4.09. The topological polar surface area (TPSA) is 98.8 Å². The molecule has 0 aromatic heterocycles. The highest BCUT2D eigenvalue weighted by molar-refractivity contribution is 6.05. The third-order valence-electron chi connectivity index (χ3n) is 6.46. The van der Waals surface area contributed by atoms with Gasteiger partial charge in [0.2, 0.25) is 11.8 Å². The minimum absolute atomic E-state index is 0.102. The molecule has 8 nitrogen and oxygen atoms in total. The van der Waals surface area contributed by atoms with Crippen molar-refractivity contribution in [3.63, 3.8) is 0 Å². The number of hydrogen-bond donors (Lipinski definition) is 2. The maximum absolute atomic E-state index is 12.7. The highest BCUT2D eigenvalue weighted by Gasteiger charge is 2.48. The maximum Gasteiger partial charge on any atom is 0.321 e. The number of amides is 5. The molecule has 1 aromatic carbocycles. The number of carbonyl (C=O) groups excluding carboxylic acids is 4. The van der Waals surface area contributed by atoms with E-state index in [1.165, 1.54) is 17.7 Å². The summed E-state index contributed by atoms with van der Waals surface area (Å²) in [5.74, 6) is -0.933. The zero-order valence-corrected chi connectivity index (χ0v) is 15.5. The van der Waals surface area contributed by atoms with Gasteiger partial charge in [0.15, 0.2) is 0 Å². The van der Waals surface area contributed by atoms with Gasteiger partial charge in [-0.25, -0.2) is 4.79 Å². The van der Waals surface area contributed by atoms with E-state index in [-0.39, 0.29) is 24.3 Å². The Balaban J connectivity index is 1.28. The number of hydrogen-bond acceptors (Lipinski definition) is 4. The second-order valence-electron chi connectivity index (χ2n) is 8.37. The molecule has 1 unspecified atom stereocenters. The van der Waals surface area contributed by atoms with Crippen LogP contribution in [0.5, 0.6) is 0 Å². The van der Waals surface area contributed by atoms with Crippen LogP contribution in [0.15, 0.2) is 18.2 Å². The first-order valence-corrected chi connectivity index (χ1v) is 9.78. The molecule has 3 aliphatic heterocycles. The average Bonchev–Trinajstić information content (AvgIpc) is 3.15. The van der Waals surface area contributed by atoms with Crippen molar-refractivity contribution in [1.29, 1.82) is 0 Å². The Morgan fingerprint density at radius 2 is 2.00 bits per heavy atom. The van der Waals surface area contributed by atoms with E-state index in [1.54, 1.807) is 18.2 Å². The third-order valence-corrected chi connectivity index (χ3v) is 6.46. The van der Waals surface area contributed by atoms with Crippen molar-refractivity contribution < 1.29 is 19.2 Å². The Labute approximate surface area is 162 Å². The van der Waals surface area contributed by atoms with Crippen LogP contribution in [0.2, 0.25) is 0 Å². The molecule has 1 aromatic rings. The molecular formula is C20H22N4O4. The number of fused-ring (bicyclic) bond motifs is 1. The van der Waals surface area contributed by atoms with Crippen molar-refractivity contribution in [2.24, 2.45) is 5.41 Å². The van der Waals surface area contributed by atoms with Crippen LogP contribution in [0.4, 0.5) is 10.5 Å². The van der Waals surface area contributed by atoms with E-state index in [2.05, 4.69) is 10.6 Å². The summed E-state index contributed by atoms with van der Waals surface area (Å²) in [6.45, 7) is 1.92. The molecule has 2 saturated heterocycles. The number of piperidine rings is 1. The molecule has 2 N–H and O–H groups in total. The number of rotatable bonds is 2. The van der Waals surface area contributed by atoms with Crippen LogP contribution in [0.1, 0.15) is 48.0 Å². The molecule has 0 bridgehead atoms. The second kappa shape index (κ2) is 6.05. The van der Waals surface area contributed by atoms with E-state index in [4.69, 9.17) is 0 Å². The molecule has 146 valence electrons. The first-order valence-electron chi connectivity index (χ1n) is 9.78. The van der Waals surface area contributed by atoms with Gasteiger partial charge in [-0.2, -0.15) is 0 Å². The van der Waals surface area contributed by atoms with Gasteiger partial charge in [-0.05, 0) is 54.9 Å². The fourth-order valence-electron chi connectivity index (χ4n) is 4.55. The van der Waals surface area contributed by atoms with E-state index in [0.717, 1.165) is 25.1 Å². The highest BCUT2D eigenvalue weighted by atomic mass is 16.2. The van der Waals surface area contributed by atoms with Crippen molar-refractivity contribution in [2.45, 2.75) is 44.7 Å². The summed E-state index contributed by atoms with van der Waals surface area (Å²) in [6, 6.07) is 4.50. The van der Waals surface area contributed by atoms with E-state index in [1.807, 2.05) is 4.90 Å². The van der Waals surface area contributed by atoms with E-state index < -0.39 is 11.9 Å². The Morgan fingerprint density at radius 3 is 2.71 bits per heavy atom. The van der Waals surface area contributed by atoms with E-state index >= 15 is 0 Å². The van der Waals surface area contributed by atoms with Gasteiger partial charge in [0.25, 0.3) is 5.91 Å². The van der Waals surface area contributed by atoms with Crippen LogP contribution in [0.3, 0.4) is 0 Å². The number of likely N-dealkylation sites (tertiary alicyclic amines) is 1. The minimum atomic E-state index is -0.630. The standard InChI is InChI=1S/C20H22N4O4/c25-16-4-3-15(17(26)22-16)24-10-12-9-13(1-2-14(12)18(24)27)21-19(28)23-8-7-20(11-23)5-6-20/h1-2,9,15H,3-8,10-11H2,(H,21,28)(H,22,25,26). The van der Waals surface area contributed by atoms with Crippen molar-refractivity contribution >= 4 is 29.4 Å². The molecular weight excluding hydrogens is 360 g/mol. The normalized spacial score (nSPS) is 25.1. The molecule has 3 heterocycles. The molecule has 1 aliphatic carbocycles. The number of nitrogens with zero attached hydrogens (tertiary/aromatic N) is 2. The van der Waals surface area contributed by atoms with Crippen molar-refractivity contribution in [3.8, 4) is 0 Å².